The zero-order valence-corrected chi connectivity index (χ0v) is 14.8. The van der Waals surface area contributed by atoms with Crippen molar-refractivity contribution >= 4 is 40.5 Å². The molecule has 0 aromatic heterocycles. The number of hydrogen-bond acceptors (Lipinski definition) is 3. The van der Waals surface area contributed by atoms with E-state index in [1.165, 1.54) is 23.1 Å². The summed E-state index contributed by atoms with van der Waals surface area (Å²) in [4.78, 5) is 14.0. The average Bonchev–Trinajstić information content (AvgIpc) is 2.55. The van der Waals surface area contributed by atoms with E-state index in [0.29, 0.717) is 17.9 Å². The standard InChI is InChI=1S/C17H15ClFN3O2S/c1-22-15-9(7-12(16(22)23)21-17(20)25)3-2-4-13(15)24-14-8-10(19)5-6-11(14)18/h2-6,8,12H,7H2,1H3,(H3,20,21,25)/t12-/m1/s1. The Labute approximate surface area is 154 Å². The highest BCUT2D eigenvalue weighted by atomic mass is 35.5. The molecule has 3 rings (SSSR count). The average molecular weight is 380 g/mol. The van der Waals surface area contributed by atoms with Gasteiger partial charge in [0.15, 0.2) is 10.9 Å². The molecule has 0 saturated heterocycles. The largest absolute Gasteiger partial charge is 0.453 e. The highest BCUT2D eigenvalue weighted by Gasteiger charge is 2.33. The molecule has 0 radical (unpaired) electrons. The van der Waals surface area contributed by atoms with Gasteiger partial charge in [-0.3, -0.25) is 4.79 Å². The summed E-state index contributed by atoms with van der Waals surface area (Å²) in [6.45, 7) is 0. The predicted octanol–water partition coefficient (Wildman–Crippen LogP) is 2.99. The summed E-state index contributed by atoms with van der Waals surface area (Å²) >= 11 is 10.9. The van der Waals surface area contributed by atoms with Crippen LogP contribution in [0.4, 0.5) is 10.1 Å². The van der Waals surface area contributed by atoms with Gasteiger partial charge in [0.2, 0.25) is 5.91 Å². The molecule has 8 heteroatoms. The van der Waals surface area contributed by atoms with Crippen LogP contribution in [0.25, 0.3) is 0 Å². The minimum atomic E-state index is -0.539. The molecule has 130 valence electrons. The van der Waals surface area contributed by atoms with E-state index in [0.717, 1.165) is 5.56 Å². The summed E-state index contributed by atoms with van der Waals surface area (Å²) < 4.78 is 19.3. The van der Waals surface area contributed by atoms with Crippen molar-refractivity contribution in [1.82, 2.24) is 5.32 Å². The number of halogens is 2. The van der Waals surface area contributed by atoms with Crippen LogP contribution < -0.4 is 20.7 Å². The fraction of sp³-hybridized carbons (Fsp3) is 0.176. The topological polar surface area (TPSA) is 67.6 Å². The molecule has 2 aromatic carbocycles. The maximum absolute atomic E-state index is 13.5. The summed E-state index contributed by atoms with van der Waals surface area (Å²) in [6.07, 6.45) is 0.407. The summed E-state index contributed by atoms with van der Waals surface area (Å²) in [7, 11) is 1.63. The van der Waals surface area contributed by atoms with Gasteiger partial charge >= 0.3 is 0 Å². The second-order valence-corrected chi connectivity index (χ2v) is 6.45. The molecule has 0 unspecified atom stereocenters. The first-order valence-corrected chi connectivity index (χ1v) is 8.23. The van der Waals surface area contributed by atoms with Gasteiger partial charge in [-0.05, 0) is 36.0 Å². The molecule has 1 amide bonds. The Bertz CT molecular complexity index is 862. The maximum atomic E-state index is 13.5. The van der Waals surface area contributed by atoms with E-state index in [4.69, 9.17) is 34.3 Å². The predicted molar refractivity (Wildman–Crippen MR) is 98.7 cm³/mol. The fourth-order valence-corrected chi connectivity index (χ4v) is 3.10. The van der Waals surface area contributed by atoms with E-state index < -0.39 is 11.9 Å². The number of thiocarbonyl (C=S) groups is 1. The van der Waals surface area contributed by atoms with E-state index in [9.17, 15) is 9.18 Å². The number of anilines is 1. The maximum Gasteiger partial charge on any atom is 0.249 e. The first kappa shape index (κ1) is 17.4. The summed E-state index contributed by atoms with van der Waals surface area (Å²) in [5.74, 6) is -0.0648. The molecule has 1 aliphatic rings. The van der Waals surface area contributed by atoms with Crippen molar-refractivity contribution in [2.75, 3.05) is 11.9 Å². The van der Waals surface area contributed by atoms with Crippen LogP contribution in [-0.4, -0.2) is 24.1 Å². The van der Waals surface area contributed by atoms with Crippen molar-refractivity contribution in [1.29, 1.82) is 0 Å². The molecule has 0 fully saturated rings. The first-order valence-electron chi connectivity index (χ1n) is 7.45. The van der Waals surface area contributed by atoms with Crippen molar-refractivity contribution < 1.29 is 13.9 Å². The molecule has 2 aromatic rings. The van der Waals surface area contributed by atoms with Gasteiger partial charge in [0.25, 0.3) is 0 Å². The van der Waals surface area contributed by atoms with Gasteiger partial charge < -0.3 is 20.7 Å². The third-order valence-electron chi connectivity index (χ3n) is 3.90. The molecule has 5 nitrogen and oxygen atoms in total. The molecule has 0 saturated carbocycles. The van der Waals surface area contributed by atoms with E-state index in [2.05, 4.69) is 5.32 Å². The van der Waals surface area contributed by atoms with Crippen molar-refractivity contribution in [3.63, 3.8) is 0 Å². The lowest BCUT2D eigenvalue weighted by molar-refractivity contribution is -0.120. The van der Waals surface area contributed by atoms with Gasteiger partial charge in [0.1, 0.15) is 17.6 Å². The van der Waals surface area contributed by atoms with E-state index in [-0.39, 0.29) is 21.8 Å². The summed E-state index contributed by atoms with van der Waals surface area (Å²) in [5.41, 5.74) is 6.97. The highest BCUT2D eigenvalue weighted by molar-refractivity contribution is 7.80. The van der Waals surface area contributed by atoms with Gasteiger partial charge in [-0.15, -0.1) is 0 Å². The Kier molecular flexibility index (Phi) is 4.78. The minimum Gasteiger partial charge on any atom is -0.453 e. The Morgan fingerprint density at radius 1 is 1.40 bits per heavy atom. The number of ether oxygens (including phenoxy) is 1. The molecular formula is C17H15ClFN3O2S. The molecule has 25 heavy (non-hydrogen) atoms. The van der Waals surface area contributed by atoms with Crippen LogP contribution in [0.1, 0.15) is 5.56 Å². The van der Waals surface area contributed by atoms with Crippen LogP contribution in [0.3, 0.4) is 0 Å². The van der Waals surface area contributed by atoms with Crippen LogP contribution in [0.15, 0.2) is 36.4 Å². The summed E-state index contributed by atoms with van der Waals surface area (Å²) in [6, 6.07) is 8.70. The second-order valence-electron chi connectivity index (χ2n) is 5.60. The first-order chi connectivity index (χ1) is 11.9. The van der Waals surface area contributed by atoms with Gasteiger partial charge in [-0.2, -0.15) is 0 Å². The van der Waals surface area contributed by atoms with Crippen molar-refractivity contribution in [2.45, 2.75) is 12.5 Å². The summed E-state index contributed by atoms with van der Waals surface area (Å²) in [5, 5.41) is 3.13. The number of para-hydroxylation sites is 1. The SMILES string of the molecule is CN1C(=O)[C@H](NC(N)=S)Cc2cccc(Oc3cc(F)ccc3Cl)c21. The van der Waals surface area contributed by atoms with Crippen LogP contribution in [0, 0.1) is 5.82 Å². The van der Waals surface area contributed by atoms with Crippen LogP contribution in [-0.2, 0) is 11.2 Å². The Morgan fingerprint density at radius 3 is 2.88 bits per heavy atom. The second kappa shape index (κ2) is 6.85. The number of fused-ring (bicyclic) bond motifs is 1. The molecule has 0 bridgehead atoms. The van der Waals surface area contributed by atoms with Crippen molar-refractivity contribution in [3.8, 4) is 11.5 Å². The zero-order valence-electron chi connectivity index (χ0n) is 13.3. The number of carbonyl (C=O) groups is 1. The van der Waals surface area contributed by atoms with Gasteiger partial charge in [-0.1, -0.05) is 23.7 Å². The zero-order chi connectivity index (χ0) is 18.1. The van der Waals surface area contributed by atoms with E-state index in [1.54, 1.807) is 19.2 Å². The molecule has 0 spiro atoms. The number of likely N-dealkylation sites (N-methyl/N-ethyl adjacent to an activating group) is 1. The normalized spacial score (nSPS) is 16.4. The Morgan fingerprint density at radius 2 is 2.16 bits per heavy atom. The monoisotopic (exact) mass is 379 g/mol. The number of amides is 1. The third-order valence-corrected chi connectivity index (χ3v) is 4.33. The smallest absolute Gasteiger partial charge is 0.249 e. The quantitative estimate of drug-likeness (QED) is 0.802. The lowest BCUT2D eigenvalue weighted by Gasteiger charge is -2.33. The number of nitrogens with two attached hydrogens (primary N) is 1. The molecule has 0 aliphatic carbocycles. The Hall–Kier alpha value is -2.38. The highest BCUT2D eigenvalue weighted by Crippen LogP contribution is 2.40. The van der Waals surface area contributed by atoms with Crippen molar-refractivity contribution in [3.05, 3.63) is 52.8 Å². The van der Waals surface area contributed by atoms with Crippen LogP contribution in [0.5, 0.6) is 11.5 Å². The number of benzene rings is 2. The Balaban J connectivity index is 1.98. The molecular weight excluding hydrogens is 365 g/mol. The number of hydrogen-bond donors (Lipinski definition) is 2. The van der Waals surface area contributed by atoms with E-state index >= 15 is 0 Å². The number of rotatable bonds is 3. The molecule has 3 N–H and O–H groups in total. The van der Waals surface area contributed by atoms with Crippen LogP contribution >= 0.6 is 23.8 Å². The van der Waals surface area contributed by atoms with Gasteiger partial charge in [-0.25, -0.2) is 4.39 Å². The van der Waals surface area contributed by atoms with E-state index in [1.807, 2.05) is 6.07 Å². The lowest BCUT2D eigenvalue weighted by Crippen LogP contribution is -2.52. The molecule has 1 heterocycles. The van der Waals surface area contributed by atoms with Crippen molar-refractivity contribution in [2.24, 2.45) is 5.73 Å². The number of nitrogens with zero attached hydrogens (tertiary/aromatic N) is 1. The van der Waals surface area contributed by atoms with Gasteiger partial charge in [0.05, 0.1) is 10.7 Å². The minimum absolute atomic E-state index is 0.0640. The fourth-order valence-electron chi connectivity index (χ4n) is 2.81. The van der Waals surface area contributed by atoms with Crippen LogP contribution in [0.2, 0.25) is 5.02 Å². The molecule has 1 atom stereocenters. The third kappa shape index (κ3) is 3.52. The number of carbonyl (C=O) groups excluding carboxylic acids is 1. The lowest BCUT2D eigenvalue weighted by atomic mass is 9.97. The molecule has 1 aliphatic heterocycles. The van der Waals surface area contributed by atoms with Gasteiger partial charge in [0, 0.05) is 19.5 Å². The number of nitrogens with one attached hydrogen (secondary N) is 1.